The van der Waals surface area contributed by atoms with Gasteiger partial charge in [0.15, 0.2) is 0 Å². The highest BCUT2D eigenvalue weighted by atomic mass is 14.3. The van der Waals surface area contributed by atoms with E-state index < -0.39 is 0 Å². The number of hydrogen-bond acceptors (Lipinski definition) is 0. The van der Waals surface area contributed by atoms with Crippen LogP contribution in [0.4, 0.5) is 0 Å². The van der Waals surface area contributed by atoms with E-state index in [1.54, 1.807) is 16.7 Å². The molecule has 0 aliphatic heterocycles. The monoisotopic (exact) mass is 362 g/mol. The fraction of sp³-hybridized carbons (Fsp3) is 0.556. The van der Waals surface area contributed by atoms with Gasteiger partial charge in [0, 0.05) is 0 Å². The number of benzene rings is 2. The standard InChI is InChI=1S/C27H38/c1-3-5-7-9-11-15-22-19-20-26-25-18-14-13-16-23(25)21-27(26)24(22)17-12-10-8-6-4-2/h13-14,16,18-20H,3-12,15,17,21H2,1-2H3. The van der Waals surface area contributed by atoms with E-state index in [0.717, 1.165) is 6.42 Å². The largest absolute Gasteiger partial charge is 0.0654 e. The van der Waals surface area contributed by atoms with Gasteiger partial charge in [-0.3, -0.25) is 0 Å². The smallest absolute Gasteiger partial charge is 0.00106 e. The SMILES string of the molecule is CCCCCCCc1ccc2c(c1CCCCCCC)Cc1ccccc1-2. The molecule has 0 atom stereocenters. The normalized spacial score (nSPS) is 12.2. The van der Waals surface area contributed by atoms with Gasteiger partial charge in [-0.15, -0.1) is 0 Å². The second kappa shape index (κ2) is 10.7. The molecule has 1 aliphatic carbocycles. The first-order valence-corrected chi connectivity index (χ1v) is 11.6. The zero-order valence-corrected chi connectivity index (χ0v) is 17.7. The minimum absolute atomic E-state index is 1.15. The Morgan fingerprint density at radius 2 is 1.30 bits per heavy atom. The molecular weight excluding hydrogens is 324 g/mol. The fourth-order valence-electron chi connectivity index (χ4n) is 4.69. The molecule has 0 nitrogen and oxygen atoms in total. The summed E-state index contributed by atoms with van der Waals surface area (Å²) in [6.07, 6.45) is 17.5. The first-order valence-electron chi connectivity index (χ1n) is 11.6. The lowest BCUT2D eigenvalue weighted by atomic mass is 9.89. The minimum atomic E-state index is 1.15. The Balaban J connectivity index is 1.73. The minimum Gasteiger partial charge on any atom is -0.0654 e. The Labute approximate surface area is 167 Å². The van der Waals surface area contributed by atoms with Gasteiger partial charge in [-0.2, -0.15) is 0 Å². The van der Waals surface area contributed by atoms with Crippen LogP contribution >= 0.6 is 0 Å². The second-order valence-corrected chi connectivity index (χ2v) is 8.39. The molecule has 0 saturated carbocycles. The van der Waals surface area contributed by atoms with Crippen LogP contribution < -0.4 is 0 Å². The van der Waals surface area contributed by atoms with Crippen LogP contribution in [0.25, 0.3) is 11.1 Å². The molecule has 2 aromatic rings. The van der Waals surface area contributed by atoms with Crippen LogP contribution in [0.3, 0.4) is 0 Å². The van der Waals surface area contributed by atoms with Crippen molar-refractivity contribution in [1.82, 2.24) is 0 Å². The van der Waals surface area contributed by atoms with E-state index in [9.17, 15) is 0 Å². The first-order chi connectivity index (χ1) is 13.3. The Hall–Kier alpha value is -1.56. The average Bonchev–Trinajstić information content (AvgIpc) is 3.07. The van der Waals surface area contributed by atoms with Crippen LogP contribution in [-0.4, -0.2) is 0 Å². The molecule has 0 saturated heterocycles. The highest BCUT2D eigenvalue weighted by Crippen LogP contribution is 2.40. The zero-order valence-electron chi connectivity index (χ0n) is 17.7. The van der Waals surface area contributed by atoms with Crippen molar-refractivity contribution in [3.63, 3.8) is 0 Å². The summed E-state index contributed by atoms with van der Waals surface area (Å²) in [7, 11) is 0. The van der Waals surface area contributed by atoms with Crippen molar-refractivity contribution in [2.45, 2.75) is 97.3 Å². The van der Waals surface area contributed by atoms with Crippen LogP contribution in [0.1, 0.15) is 100 Å². The van der Waals surface area contributed by atoms with Gasteiger partial charge in [-0.25, -0.2) is 0 Å². The summed E-state index contributed by atoms with van der Waals surface area (Å²) in [5.74, 6) is 0. The van der Waals surface area contributed by atoms with Gasteiger partial charge in [0.05, 0.1) is 0 Å². The third-order valence-electron chi connectivity index (χ3n) is 6.28. The van der Waals surface area contributed by atoms with Crippen molar-refractivity contribution in [1.29, 1.82) is 0 Å². The number of rotatable bonds is 12. The Bertz CT molecular complexity index is 710. The van der Waals surface area contributed by atoms with Gasteiger partial charge in [-0.1, -0.05) is 102 Å². The quantitative estimate of drug-likeness (QED) is 0.284. The molecule has 27 heavy (non-hydrogen) atoms. The molecule has 0 N–H and O–H groups in total. The van der Waals surface area contributed by atoms with Crippen molar-refractivity contribution >= 4 is 0 Å². The Kier molecular flexibility index (Phi) is 7.99. The molecule has 146 valence electrons. The predicted octanol–water partition coefficient (Wildman–Crippen LogP) is 8.28. The molecular formula is C27H38. The maximum Gasteiger partial charge on any atom is -0.00106 e. The lowest BCUT2D eigenvalue weighted by molar-refractivity contribution is 0.620. The van der Waals surface area contributed by atoms with E-state index in [1.165, 1.54) is 93.7 Å². The Morgan fingerprint density at radius 3 is 2.04 bits per heavy atom. The zero-order chi connectivity index (χ0) is 18.9. The molecule has 0 radical (unpaired) electrons. The molecule has 0 unspecified atom stereocenters. The van der Waals surface area contributed by atoms with Gasteiger partial charge < -0.3 is 0 Å². The van der Waals surface area contributed by atoms with Crippen LogP contribution in [0.15, 0.2) is 36.4 Å². The highest BCUT2D eigenvalue weighted by Gasteiger charge is 2.22. The van der Waals surface area contributed by atoms with E-state index in [2.05, 4.69) is 50.2 Å². The van der Waals surface area contributed by atoms with E-state index in [-0.39, 0.29) is 0 Å². The molecule has 0 heterocycles. The Morgan fingerprint density at radius 1 is 0.630 bits per heavy atom. The maximum atomic E-state index is 2.46. The first kappa shape index (κ1) is 20.2. The molecule has 2 aromatic carbocycles. The summed E-state index contributed by atoms with van der Waals surface area (Å²) in [6, 6.07) is 13.9. The van der Waals surface area contributed by atoms with Gasteiger partial charge in [-0.05, 0) is 65.5 Å². The van der Waals surface area contributed by atoms with Crippen LogP contribution in [0.5, 0.6) is 0 Å². The van der Waals surface area contributed by atoms with E-state index in [0.29, 0.717) is 0 Å². The van der Waals surface area contributed by atoms with Crippen LogP contribution in [0, 0.1) is 0 Å². The summed E-state index contributed by atoms with van der Waals surface area (Å²) >= 11 is 0. The topological polar surface area (TPSA) is 0 Å². The van der Waals surface area contributed by atoms with Gasteiger partial charge >= 0.3 is 0 Å². The third kappa shape index (κ3) is 5.24. The van der Waals surface area contributed by atoms with E-state index in [4.69, 9.17) is 0 Å². The van der Waals surface area contributed by atoms with Gasteiger partial charge in [0.2, 0.25) is 0 Å². The molecule has 0 heteroatoms. The van der Waals surface area contributed by atoms with Crippen molar-refractivity contribution in [2.75, 3.05) is 0 Å². The molecule has 0 fully saturated rings. The second-order valence-electron chi connectivity index (χ2n) is 8.39. The van der Waals surface area contributed by atoms with E-state index in [1.807, 2.05) is 0 Å². The molecule has 0 bridgehead atoms. The summed E-state index contributed by atoms with van der Waals surface area (Å²) in [6.45, 7) is 4.60. The molecule has 0 amide bonds. The van der Waals surface area contributed by atoms with Crippen LogP contribution in [-0.2, 0) is 19.3 Å². The molecule has 3 rings (SSSR count). The fourth-order valence-corrected chi connectivity index (χ4v) is 4.69. The highest BCUT2D eigenvalue weighted by molar-refractivity contribution is 5.78. The number of unbranched alkanes of at least 4 members (excludes halogenated alkanes) is 8. The van der Waals surface area contributed by atoms with Crippen molar-refractivity contribution in [3.05, 3.63) is 58.7 Å². The molecule has 0 aromatic heterocycles. The van der Waals surface area contributed by atoms with Crippen LogP contribution in [0.2, 0.25) is 0 Å². The van der Waals surface area contributed by atoms with Crippen molar-refractivity contribution in [2.24, 2.45) is 0 Å². The lowest BCUT2D eigenvalue weighted by Crippen LogP contribution is -2.01. The average molecular weight is 363 g/mol. The molecule has 1 aliphatic rings. The van der Waals surface area contributed by atoms with Crippen molar-refractivity contribution in [3.8, 4) is 11.1 Å². The predicted molar refractivity (Wildman–Crippen MR) is 120 cm³/mol. The summed E-state index contributed by atoms with van der Waals surface area (Å²) < 4.78 is 0. The number of aryl methyl sites for hydroxylation is 1. The van der Waals surface area contributed by atoms with Gasteiger partial charge in [0.25, 0.3) is 0 Å². The number of fused-ring (bicyclic) bond motifs is 3. The third-order valence-corrected chi connectivity index (χ3v) is 6.28. The molecule has 0 spiro atoms. The number of hydrogen-bond donors (Lipinski definition) is 0. The summed E-state index contributed by atoms with van der Waals surface area (Å²) in [5.41, 5.74) is 9.53. The van der Waals surface area contributed by atoms with E-state index >= 15 is 0 Å². The summed E-state index contributed by atoms with van der Waals surface area (Å²) in [4.78, 5) is 0. The van der Waals surface area contributed by atoms with Gasteiger partial charge in [0.1, 0.15) is 0 Å². The summed E-state index contributed by atoms with van der Waals surface area (Å²) in [5, 5.41) is 0. The lowest BCUT2D eigenvalue weighted by Gasteiger charge is -2.15. The van der Waals surface area contributed by atoms with Crippen molar-refractivity contribution < 1.29 is 0 Å². The maximum absolute atomic E-state index is 2.46.